The lowest BCUT2D eigenvalue weighted by Gasteiger charge is -2.49. The highest BCUT2D eigenvalue weighted by molar-refractivity contribution is 6.73. The predicted molar refractivity (Wildman–Crippen MR) is 253 cm³/mol. The van der Waals surface area contributed by atoms with Crippen LogP contribution in [0.1, 0.15) is 69.8 Å². The summed E-state index contributed by atoms with van der Waals surface area (Å²) in [6.45, 7) is 9.31. The van der Waals surface area contributed by atoms with E-state index in [4.69, 9.17) is 0 Å². The molecular formula is C57H46BN. The minimum Gasteiger partial charge on any atom is -0.311 e. The van der Waals surface area contributed by atoms with Gasteiger partial charge in [-0.2, -0.15) is 0 Å². The molecule has 0 unspecified atom stereocenters. The molecule has 0 fully saturated rings. The van der Waals surface area contributed by atoms with Crippen molar-refractivity contribution >= 4 is 57.2 Å². The topological polar surface area (TPSA) is 3.24 Å². The summed E-state index contributed by atoms with van der Waals surface area (Å²) < 4.78 is 0. The fourth-order valence-electron chi connectivity index (χ4n) is 11.0. The zero-order valence-corrected chi connectivity index (χ0v) is 34.3. The van der Waals surface area contributed by atoms with E-state index in [1.807, 2.05) is 0 Å². The van der Waals surface area contributed by atoms with Crippen molar-refractivity contribution in [2.75, 3.05) is 4.90 Å². The number of allylic oxidation sites excluding steroid dienone is 4. The van der Waals surface area contributed by atoms with Crippen LogP contribution in [0.4, 0.5) is 17.1 Å². The first-order chi connectivity index (χ1) is 28.9. The molecule has 0 saturated heterocycles. The summed E-state index contributed by atoms with van der Waals surface area (Å²) in [5.41, 5.74) is 24.9. The largest absolute Gasteiger partial charge is 0.311 e. The maximum absolute atomic E-state index is 2.67. The van der Waals surface area contributed by atoms with Gasteiger partial charge in [-0.1, -0.05) is 163 Å². The Labute approximate surface area is 349 Å². The third kappa shape index (κ3) is 5.25. The molecule has 59 heavy (non-hydrogen) atoms. The molecule has 0 amide bonds. The molecule has 0 saturated carbocycles. The number of anilines is 3. The molecule has 0 atom stereocenters. The van der Waals surface area contributed by atoms with Crippen molar-refractivity contribution in [1.29, 1.82) is 0 Å². The van der Waals surface area contributed by atoms with Gasteiger partial charge in [0.05, 0.1) is 11.1 Å². The first kappa shape index (κ1) is 35.5. The van der Waals surface area contributed by atoms with E-state index in [1.165, 1.54) is 117 Å². The monoisotopic (exact) mass is 755 g/mol. The standard InChI is InChI=1S/C57H46BN/c1-36-19-11-14-26-44(36)48-35-49(46-28-17-27-45(38(46)3)47-34-41-21-13-12-20-40(41)33-37(47)2)54-55(39(48)4)59-53-32-16-15-29-50(53)57(42-22-7-5-8-23-42,43-24-9-6-10-25-43)51-30-18-31-52(58-54)56(51)59/h5-16,18-26,28-35,58H,17,27H2,1-4H3. The molecule has 2 aliphatic heterocycles. The van der Waals surface area contributed by atoms with Crippen LogP contribution in [0.5, 0.6) is 0 Å². The van der Waals surface area contributed by atoms with Crippen LogP contribution in [-0.4, -0.2) is 7.28 Å². The van der Waals surface area contributed by atoms with Crippen molar-refractivity contribution in [1.82, 2.24) is 0 Å². The van der Waals surface area contributed by atoms with Gasteiger partial charge in [0.1, 0.15) is 0 Å². The van der Waals surface area contributed by atoms with E-state index in [-0.39, 0.29) is 0 Å². The first-order valence-electron chi connectivity index (χ1n) is 21.2. The Balaban J connectivity index is 1.21. The summed E-state index contributed by atoms with van der Waals surface area (Å²) in [4.78, 5) is 2.67. The molecule has 3 aliphatic rings. The van der Waals surface area contributed by atoms with Crippen molar-refractivity contribution in [3.63, 3.8) is 0 Å². The Morgan fingerprint density at radius 1 is 0.508 bits per heavy atom. The van der Waals surface area contributed by atoms with Crippen LogP contribution in [0.2, 0.25) is 0 Å². The predicted octanol–water partition coefficient (Wildman–Crippen LogP) is 12.9. The van der Waals surface area contributed by atoms with Crippen LogP contribution >= 0.6 is 0 Å². The first-order valence-corrected chi connectivity index (χ1v) is 21.2. The molecule has 0 spiro atoms. The number of para-hydroxylation sites is 2. The molecule has 11 rings (SSSR count). The summed E-state index contributed by atoms with van der Waals surface area (Å²) in [5.74, 6) is 0. The number of nitrogens with zero attached hydrogens (tertiary/aromatic N) is 1. The highest BCUT2D eigenvalue weighted by atomic mass is 15.2. The molecule has 282 valence electrons. The fraction of sp³-hybridized carbons (Fsp3) is 0.123. The average Bonchev–Trinajstić information content (AvgIpc) is 3.28. The molecule has 2 heterocycles. The number of fused-ring (bicyclic) bond motifs is 5. The Morgan fingerprint density at radius 2 is 1.15 bits per heavy atom. The molecule has 0 N–H and O–H groups in total. The van der Waals surface area contributed by atoms with Crippen LogP contribution in [0.25, 0.3) is 33.0 Å². The summed E-state index contributed by atoms with van der Waals surface area (Å²) in [7, 11) is 0.857. The van der Waals surface area contributed by atoms with E-state index >= 15 is 0 Å². The molecule has 8 aromatic carbocycles. The molecule has 1 nitrogen and oxygen atoms in total. The number of aryl methyl sites for hydroxylation is 2. The molecule has 0 aromatic heterocycles. The van der Waals surface area contributed by atoms with Gasteiger partial charge in [-0.15, -0.1) is 0 Å². The molecular weight excluding hydrogens is 709 g/mol. The van der Waals surface area contributed by atoms with Crippen molar-refractivity contribution in [3.8, 4) is 11.1 Å². The van der Waals surface area contributed by atoms with Gasteiger partial charge in [-0.05, 0) is 153 Å². The van der Waals surface area contributed by atoms with E-state index in [2.05, 4.69) is 209 Å². The van der Waals surface area contributed by atoms with Gasteiger partial charge in [0, 0.05) is 11.4 Å². The summed E-state index contributed by atoms with van der Waals surface area (Å²) in [5, 5.41) is 2.61. The Morgan fingerprint density at radius 3 is 1.90 bits per heavy atom. The summed E-state index contributed by atoms with van der Waals surface area (Å²) >= 11 is 0. The van der Waals surface area contributed by atoms with Gasteiger partial charge in [0.25, 0.3) is 0 Å². The quantitative estimate of drug-likeness (QED) is 0.158. The maximum Gasteiger partial charge on any atom is 0.198 e. The lowest BCUT2D eigenvalue weighted by atomic mass is 9.53. The minimum atomic E-state index is -0.499. The number of benzene rings is 8. The van der Waals surface area contributed by atoms with Gasteiger partial charge in [0.2, 0.25) is 0 Å². The second kappa shape index (κ2) is 13.7. The van der Waals surface area contributed by atoms with Gasteiger partial charge >= 0.3 is 0 Å². The maximum atomic E-state index is 2.67. The number of hydrogen-bond donors (Lipinski definition) is 0. The zero-order chi connectivity index (χ0) is 39.8. The molecule has 8 aromatic rings. The molecule has 2 heteroatoms. The van der Waals surface area contributed by atoms with Crippen LogP contribution in [0.3, 0.4) is 0 Å². The van der Waals surface area contributed by atoms with Gasteiger partial charge < -0.3 is 4.90 Å². The van der Waals surface area contributed by atoms with Crippen molar-refractivity contribution in [2.45, 2.75) is 46.0 Å². The van der Waals surface area contributed by atoms with E-state index in [9.17, 15) is 0 Å². The molecule has 1 aliphatic carbocycles. The van der Waals surface area contributed by atoms with Crippen molar-refractivity contribution in [3.05, 3.63) is 232 Å². The van der Waals surface area contributed by atoms with Crippen molar-refractivity contribution in [2.24, 2.45) is 0 Å². The third-order valence-electron chi connectivity index (χ3n) is 13.7. The van der Waals surface area contributed by atoms with Crippen LogP contribution in [0, 0.1) is 20.8 Å². The van der Waals surface area contributed by atoms with E-state index in [1.54, 1.807) is 0 Å². The van der Waals surface area contributed by atoms with Crippen LogP contribution in [-0.2, 0) is 5.41 Å². The van der Waals surface area contributed by atoms with Gasteiger partial charge in [-0.3, -0.25) is 0 Å². The highest BCUT2D eigenvalue weighted by Gasteiger charge is 2.49. The average molecular weight is 756 g/mol. The molecule has 0 bridgehead atoms. The second-order valence-electron chi connectivity index (χ2n) is 16.8. The lowest BCUT2D eigenvalue weighted by molar-refractivity contribution is 0.732. The Hall–Kier alpha value is -6.64. The number of rotatable bonds is 5. The zero-order valence-electron chi connectivity index (χ0n) is 34.3. The minimum absolute atomic E-state index is 0.499. The summed E-state index contributed by atoms with van der Waals surface area (Å²) in [6, 6.07) is 63.8. The fourth-order valence-corrected chi connectivity index (χ4v) is 11.0. The smallest absolute Gasteiger partial charge is 0.198 e. The van der Waals surface area contributed by atoms with Crippen LogP contribution < -0.4 is 15.8 Å². The SMILES string of the molecule is CC1=C(c2cc3ccccc3cc2C)CCC=C1c1cc(-c2ccccc2C)c(C)c2c1Bc1cccc3c1N2c1ccccc1C3(c1ccccc1)c1ccccc1. The highest BCUT2D eigenvalue weighted by Crippen LogP contribution is 2.58. The normalized spacial score (nSPS) is 14.9. The van der Waals surface area contributed by atoms with Crippen molar-refractivity contribution < 1.29 is 0 Å². The Kier molecular flexibility index (Phi) is 8.27. The number of hydrogen-bond acceptors (Lipinski definition) is 1. The van der Waals surface area contributed by atoms with E-state index in [0.29, 0.717) is 0 Å². The third-order valence-corrected chi connectivity index (χ3v) is 13.7. The summed E-state index contributed by atoms with van der Waals surface area (Å²) in [6.07, 6.45) is 4.59. The van der Waals surface area contributed by atoms with Gasteiger partial charge in [0.15, 0.2) is 7.28 Å². The lowest BCUT2D eigenvalue weighted by Crippen LogP contribution is -2.48. The van der Waals surface area contributed by atoms with E-state index in [0.717, 1.165) is 20.1 Å². The molecule has 0 radical (unpaired) electrons. The second-order valence-corrected chi connectivity index (χ2v) is 16.8. The van der Waals surface area contributed by atoms with Gasteiger partial charge in [-0.25, -0.2) is 0 Å². The van der Waals surface area contributed by atoms with Crippen LogP contribution in [0.15, 0.2) is 182 Å². The Bertz CT molecular complexity index is 3020. The van der Waals surface area contributed by atoms with E-state index < -0.39 is 5.41 Å².